The van der Waals surface area contributed by atoms with Gasteiger partial charge in [-0.15, -0.1) is 17.3 Å². The van der Waals surface area contributed by atoms with E-state index in [9.17, 15) is 0 Å². The zero-order chi connectivity index (χ0) is 17.0. The summed E-state index contributed by atoms with van der Waals surface area (Å²) in [5.74, 6) is 0. The molecule has 0 spiro atoms. The Bertz CT molecular complexity index is 444. The monoisotopic (exact) mass is 534 g/mol. The number of fused-ring (bicyclic) bond motifs is 2. The van der Waals surface area contributed by atoms with Crippen LogP contribution in [0.4, 0.5) is 0 Å². The summed E-state index contributed by atoms with van der Waals surface area (Å²) in [5, 5.41) is -0.122. The third kappa shape index (κ3) is 5.55. The van der Waals surface area contributed by atoms with E-state index in [2.05, 4.69) is 60.4 Å². The van der Waals surface area contributed by atoms with E-state index in [4.69, 9.17) is 25.8 Å². The molecule has 23 heavy (non-hydrogen) atoms. The van der Waals surface area contributed by atoms with Gasteiger partial charge in [0.25, 0.3) is 0 Å². The molecule has 2 saturated heterocycles. The van der Waals surface area contributed by atoms with E-state index in [1.54, 1.807) is 12.1 Å². The fraction of sp³-hybridized carbons (Fsp3) is 0.812. The molecule has 0 aromatic carbocycles. The maximum absolute atomic E-state index is 6.66. The molecule has 0 saturated carbocycles. The van der Waals surface area contributed by atoms with Crippen LogP contribution in [0.2, 0.25) is 0 Å². The maximum Gasteiger partial charge on any atom is 0.0859 e. The second kappa shape index (κ2) is 9.72. The van der Waals surface area contributed by atoms with E-state index in [1.807, 2.05) is 6.08 Å². The van der Waals surface area contributed by atoms with Crippen molar-refractivity contribution in [3.8, 4) is 0 Å². The summed E-state index contributed by atoms with van der Waals surface area (Å²) >= 11 is 17.4. The highest BCUT2D eigenvalue weighted by molar-refractivity contribution is 9.11. The third-order valence-corrected chi connectivity index (χ3v) is 7.40. The molecule has 0 aromatic heterocycles. The molecule has 0 aromatic rings. The van der Waals surface area contributed by atoms with Gasteiger partial charge in [0, 0.05) is 23.3 Å². The van der Waals surface area contributed by atoms with Crippen molar-refractivity contribution in [2.24, 2.45) is 0 Å². The van der Waals surface area contributed by atoms with E-state index >= 15 is 0 Å². The Hall–Kier alpha value is 1.13. The Kier molecular flexibility index (Phi) is 8.64. The van der Waals surface area contributed by atoms with Crippen LogP contribution in [0.25, 0.3) is 0 Å². The van der Waals surface area contributed by atoms with Crippen molar-refractivity contribution < 1.29 is 14.2 Å². The first kappa shape index (κ1) is 20.4. The van der Waals surface area contributed by atoms with Crippen molar-refractivity contribution in [1.82, 2.24) is 0 Å². The van der Waals surface area contributed by atoms with E-state index in [0.29, 0.717) is 6.42 Å². The first-order chi connectivity index (χ1) is 11.0. The van der Waals surface area contributed by atoms with Crippen LogP contribution < -0.4 is 0 Å². The van der Waals surface area contributed by atoms with Gasteiger partial charge in [0.05, 0.1) is 40.7 Å². The number of alkyl halides is 3. The molecule has 0 aliphatic carbocycles. The molecular weight excluding hydrogens is 515 g/mol. The summed E-state index contributed by atoms with van der Waals surface area (Å²) < 4.78 is 18.2. The van der Waals surface area contributed by atoms with E-state index < -0.39 is 0 Å². The standard InChI is InChI=1S/C16H22Br3ClO3/c1-9-16(19)15-7-11(18)13(21-2)8-12(20)14(23-15)6-10(22-9)4-3-5-17/h4-5,9-16H,6-8H2,1-2H3/t3?,9-,10+,11-,12+,13+,14+,15+,16-/m0/s1. The Labute approximate surface area is 168 Å². The normalized spacial score (nSPS) is 45.0. The summed E-state index contributed by atoms with van der Waals surface area (Å²) in [6.07, 6.45) is 4.20. The Balaban J connectivity index is 2.26. The lowest BCUT2D eigenvalue weighted by molar-refractivity contribution is -0.113. The lowest BCUT2D eigenvalue weighted by atomic mass is 9.94. The number of hydrogen-bond acceptors (Lipinski definition) is 3. The molecule has 132 valence electrons. The second-order valence-corrected chi connectivity index (χ2v) is 9.24. The highest BCUT2D eigenvalue weighted by Crippen LogP contribution is 2.36. The Morgan fingerprint density at radius 1 is 1.17 bits per heavy atom. The number of rotatable bonds is 2. The van der Waals surface area contributed by atoms with Crippen LogP contribution in [-0.4, -0.2) is 52.7 Å². The van der Waals surface area contributed by atoms with Crippen LogP contribution >= 0.6 is 59.4 Å². The van der Waals surface area contributed by atoms with Crippen molar-refractivity contribution in [3.05, 3.63) is 16.8 Å². The minimum atomic E-state index is -0.122. The van der Waals surface area contributed by atoms with Crippen molar-refractivity contribution in [2.75, 3.05) is 7.11 Å². The summed E-state index contributed by atoms with van der Waals surface area (Å²) in [7, 11) is 1.74. The van der Waals surface area contributed by atoms with Gasteiger partial charge in [-0.2, -0.15) is 0 Å². The number of methoxy groups -OCH3 is 1. The zero-order valence-electron chi connectivity index (χ0n) is 13.1. The minimum Gasteiger partial charge on any atom is -0.380 e. The van der Waals surface area contributed by atoms with Crippen molar-refractivity contribution in [1.29, 1.82) is 0 Å². The lowest BCUT2D eigenvalue weighted by Crippen LogP contribution is -2.49. The predicted octanol–water partition coefficient (Wildman–Crippen LogP) is 4.92. The minimum absolute atomic E-state index is 0.0215. The molecule has 2 fully saturated rings. The van der Waals surface area contributed by atoms with Crippen LogP contribution in [0, 0.1) is 0 Å². The quantitative estimate of drug-likeness (QED) is 0.370. The van der Waals surface area contributed by atoms with Crippen LogP contribution in [0.15, 0.2) is 16.8 Å². The average Bonchev–Trinajstić information content (AvgIpc) is 2.52. The van der Waals surface area contributed by atoms with Crippen molar-refractivity contribution in [3.63, 3.8) is 0 Å². The van der Waals surface area contributed by atoms with E-state index in [1.165, 1.54) is 0 Å². The number of halogens is 4. The highest BCUT2D eigenvalue weighted by Gasteiger charge is 2.41. The summed E-state index contributed by atoms with van der Waals surface area (Å²) in [6, 6.07) is 0. The van der Waals surface area contributed by atoms with Gasteiger partial charge in [-0.3, -0.25) is 0 Å². The van der Waals surface area contributed by atoms with Gasteiger partial charge in [-0.05, 0) is 25.8 Å². The highest BCUT2D eigenvalue weighted by atomic mass is 79.9. The molecule has 2 aliphatic heterocycles. The molecule has 2 aliphatic rings. The van der Waals surface area contributed by atoms with Gasteiger partial charge in [-0.1, -0.05) is 47.8 Å². The maximum atomic E-state index is 6.66. The molecule has 8 atom stereocenters. The third-order valence-electron chi connectivity index (χ3n) is 4.38. The second-order valence-electron chi connectivity index (χ2n) is 5.99. The van der Waals surface area contributed by atoms with Gasteiger partial charge in [0.2, 0.25) is 0 Å². The fourth-order valence-electron chi connectivity index (χ4n) is 3.10. The van der Waals surface area contributed by atoms with Gasteiger partial charge < -0.3 is 14.2 Å². The summed E-state index contributed by atoms with van der Waals surface area (Å²) in [5.41, 5.74) is 3.04. The molecule has 2 heterocycles. The molecule has 2 bridgehead atoms. The molecule has 0 unspecified atom stereocenters. The molecule has 3 nitrogen and oxygen atoms in total. The Morgan fingerprint density at radius 3 is 2.57 bits per heavy atom. The van der Waals surface area contributed by atoms with E-state index in [-0.39, 0.29) is 45.6 Å². The smallest absolute Gasteiger partial charge is 0.0859 e. The Morgan fingerprint density at radius 2 is 1.91 bits per heavy atom. The fourth-order valence-corrected chi connectivity index (χ4v) is 4.86. The molecular formula is C16H22Br3ClO3. The molecule has 0 radical (unpaired) electrons. The summed E-state index contributed by atoms with van der Waals surface area (Å²) in [6.45, 7) is 2.07. The lowest BCUT2D eigenvalue weighted by Gasteiger charge is -2.42. The zero-order valence-corrected chi connectivity index (χ0v) is 18.6. The SMILES string of the molecule is CO[C@@H]1C[C@@H](Cl)[C@H]2C[C@@H](C=C=CBr)O[C@@H](C)[C@H](Br)[C@@H](C[C@@H]1Br)O2. The van der Waals surface area contributed by atoms with Crippen LogP contribution in [0.1, 0.15) is 26.2 Å². The largest absolute Gasteiger partial charge is 0.380 e. The van der Waals surface area contributed by atoms with Crippen LogP contribution in [0.3, 0.4) is 0 Å². The average molecular weight is 538 g/mol. The predicted molar refractivity (Wildman–Crippen MR) is 104 cm³/mol. The number of ether oxygens (including phenoxy) is 3. The summed E-state index contributed by atoms with van der Waals surface area (Å²) in [4.78, 5) is 1.99. The van der Waals surface area contributed by atoms with Crippen molar-refractivity contribution >= 4 is 59.4 Å². The molecule has 7 heteroatoms. The molecule has 0 N–H and O–H groups in total. The van der Waals surface area contributed by atoms with Crippen molar-refractivity contribution in [2.45, 2.75) is 71.7 Å². The molecule has 0 amide bonds. The van der Waals surface area contributed by atoms with Crippen LogP contribution in [-0.2, 0) is 14.2 Å². The van der Waals surface area contributed by atoms with Gasteiger partial charge in [0.1, 0.15) is 0 Å². The van der Waals surface area contributed by atoms with Gasteiger partial charge >= 0.3 is 0 Å². The van der Waals surface area contributed by atoms with Crippen LogP contribution in [0.5, 0.6) is 0 Å². The topological polar surface area (TPSA) is 27.7 Å². The first-order valence-electron chi connectivity index (χ1n) is 7.73. The van der Waals surface area contributed by atoms with E-state index in [0.717, 1.165) is 12.8 Å². The van der Waals surface area contributed by atoms with Gasteiger partial charge in [0.15, 0.2) is 0 Å². The molecule has 2 rings (SSSR count). The number of hydrogen-bond donors (Lipinski definition) is 0. The van der Waals surface area contributed by atoms with Gasteiger partial charge in [-0.25, -0.2) is 0 Å². The first-order valence-corrected chi connectivity index (χ1v) is 10.9.